The zero-order valence-corrected chi connectivity index (χ0v) is 9.15. The van der Waals surface area contributed by atoms with Crippen LogP contribution in [0.4, 0.5) is 8.78 Å². The molecule has 0 atom stereocenters. The van der Waals surface area contributed by atoms with Gasteiger partial charge >= 0.3 is 0 Å². The first kappa shape index (κ1) is 12.1. The molecule has 0 aliphatic rings. The van der Waals surface area contributed by atoms with E-state index in [1.807, 2.05) is 0 Å². The number of hydrogen-bond acceptors (Lipinski definition) is 4. The third kappa shape index (κ3) is 2.84. The van der Waals surface area contributed by atoms with Crippen molar-refractivity contribution in [1.29, 1.82) is 0 Å². The van der Waals surface area contributed by atoms with Crippen LogP contribution in [-0.2, 0) is 17.8 Å². The Kier molecular flexibility index (Phi) is 3.56. The van der Waals surface area contributed by atoms with Crippen molar-refractivity contribution in [1.82, 2.24) is 25.9 Å². The van der Waals surface area contributed by atoms with Crippen LogP contribution in [0.25, 0.3) is 0 Å². The smallest absolute Gasteiger partial charge is 0.224 e. The Morgan fingerprint density at radius 2 is 2.22 bits per heavy atom. The van der Waals surface area contributed by atoms with Crippen LogP contribution in [0.3, 0.4) is 0 Å². The largest absolute Gasteiger partial charge is 0.348 e. The molecule has 0 bridgehead atoms. The van der Waals surface area contributed by atoms with Crippen molar-refractivity contribution in [3.63, 3.8) is 0 Å². The molecule has 0 radical (unpaired) electrons. The summed E-state index contributed by atoms with van der Waals surface area (Å²) in [6.07, 6.45) is -0.249. The topological polar surface area (TPSA) is 83.6 Å². The molecule has 0 spiro atoms. The second-order valence-corrected chi connectivity index (χ2v) is 3.49. The highest BCUT2D eigenvalue weighted by Gasteiger charge is 2.11. The summed E-state index contributed by atoms with van der Waals surface area (Å²) in [5.41, 5.74) is 0.000567. The summed E-state index contributed by atoms with van der Waals surface area (Å²) in [6, 6.07) is 3.70. The lowest BCUT2D eigenvalue weighted by Gasteiger charge is -2.04. The molecule has 0 saturated heterocycles. The highest BCUT2D eigenvalue weighted by molar-refractivity contribution is 5.78. The van der Waals surface area contributed by atoms with Crippen molar-refractivity contribution in [2.24, 2.45) is 0 Å². The van der Waals surface area contributed by atoms with Crippen molar-refractivity contribution in [3.05, 3.63) is 41.2 Å². The van der Waals surface area contributed by atoms with E-state index < -0.39 is 17.5 Å². The van der Waals surface area contributed by atoms with Crippen LogP contribution >= 0.6 is 0 Å². The van der Waals surface area contributed by atoms with E-state index in [1.165, 1.54) is 12.1 Å². The highest BCUT2D eigenvalue weighted by atomic mass is 19.2. The first-order valence-corrected chi connectivity index (χ1v) is 5.08. The van der Waals surface area contributed by atoms with E-state index in [0.717, 1.165) is 6.07 Å². The maximum Gasteiger partial charge on any atom is 0.224 e. The molecule has 0 unspecified atom stereocenters. The van der Waals surface area contributed by atoms with E-state index >= 15 is 0 Å². The SMILES string of the molecule is O=C(Cc1cccc(F)c1F)NCc1nn[nH]n1. The summed E-state index contributed by atoms with van der Waals surface area (Å²) in [7, 11) is 0. The van der Waals surface area contributed by atoms with Crippen molar-refractivity contribution in [2.45, 2.75) is 13.0 Å². The van der Waals surface area contributed by atoms with Gasteiger partial charge in [0.05, 0.1) is 13.0 Å². The molecule has 1 aromatic heterocycles. The van der Waals surface area contributed by atoms with Crippen LogP contribution in [0, 0.1) is 11.6 Å². The molecule has 1 heterocycles. The van der Waals surface area contributed by atoms with Gasteiger partial charge in [0.25, 0.3) is 0 Å². The highest BCUT2D eigenvalue weighted by Crippen LogP contribution is 2.11. The van der Waals surface area contributed by atoms with Gasteiger partial charge in [-0.3, -0.25) is 4.79 Å². The Balaban J connectivity index is 1.93. The lowest BCUT2D eigenvalue weighted by atomic mass is 10.1. The van der Waals surface area contributed by atoms with Gasteiger partial charge in [-0.1, -0.05) is 17.3 Å². The van der Waals surface area contributed by atoms with Gasteiger partial charge in [0.1, 0.15) is 0 Å². The van der Waals surface area contributed by atoms with Gasteiger partial charge in [0.2, 0.25) is 5.91 Å². The Morgan fingerprint density at radius 1 is 1.39 bits per heavy atom. The molecule has 2 rings (SSSR count). The number of nitrogens with one attached hydrogen (secondary N) is 2. The molecule has 8 heteroatoms. The predicted octanol–water partition coefficient (Wildman–Crippen LogP) is 0.337. The molecule has 0 fully saturated rings. The summed E-state index contributed by atoms with van der Waals surface area (Å²) in [6.45, 7) is 0.0757. The Labute approximate surface area is 100 Å². The van der Waals surface area contributed by atoms with Gasteiger partial charge in [-0.05, 0) is 6.07 Å². The fraction of sp³-hybridized carbons (Fsp3) is 0.200. The molecule has 1 aromatic carbocycles. The fourth-order valence-corrected chi connectivity index (χ4v) is 1.36. The number of rotatable bonds is 4. The molecular weight excluding hydrogens is 244 g/mol. The average molecular weight is 253 g/mol. The quantitative estimate of drug-likeness (QED) is 0.822. The maximum absolute atomic E-state index is 13.3. The minimum Gasteiger partial charge on any atom is -0.348 e. The maximum atomic E-state index is 13.3. The van der Waals surface area contributed by atoms with Crippen LogP contribution in [-0.4, -0.2) is 26.5 Å². The molecule has 94 valence electrons. The summed E-state index contributed by atoms with van der Waals surface area (Å²) < 4.78 is 26.2. The number of hydrogen-bond donors (Lipinski definition) is 2. The third-order valence-electron chi connectivity index (χ3n) is 2.22. The Bertz CT molecular complexity index is 543. The van der Waals surface area contributed by atoms with Crippen LogP contribution < -0.4 is 5.32 Å². The number of H-pyrrole nitrogens is 1. The lowest BCUT2D eigenvalue weighted by molar-refractivity contribution is -0.120. The van der Waals surface area contributed by atoms with Gasteiger partial charge in [-0.2, -0.15) is 5.21 Å². The van der Waals surface area contributed by atoms with E-state index in [2.05, 4.69) is 25.9 Å². The summed E-state index contributed by atoms with van der Waals surface area (Å²) in [4.78, 5) is 11.5. The van der Waals surface area contributed by atoms with Crippen LogP contribution in [0.1, 0.15) is 11.4 Å². The second-order valence-electron chi connectivity index (χ2n) is 3.49. The fourth-order valence-electron chi connectivity index (χ4n) is 1.36. The van der Waals surface area contributed by atoms with Crippen molar-refractivity contribution in [3.8, 4) is 0 Å². The number of halogens is 2. The van der Waals surface area contributed by atoms with E-state index in [4.69, 9.17) is 0 Å². The second kappa shape index (κ2) is 5.30. The number of nitrogens with zero attached hydrogens (tertiary/aromatic N) is 3. The van der Waals surface area contributed by atoms with Gasteiger partial charge in [-0.25, -0.2) is 8.78 Å². The van der Waals surface area contributed by atoms with E-state index in [0.29, 0.717) is 5.82 Å². The molecule has 2 aromatic rings. The zero-order chi connectivity index (χ0) is 13.0. The van der Waals surface area contributed by atoms with Gasteiger partial charge in [0.15, 0.2) is 17.5 Å². The summed E-state index contributed by atoms with van der Waals surface area (Å²) in [5.74, 6) is -2.13. The number of carbonyl (C=O) groups is 1. The number of aromatic amines is 1. The monoisotopic (exact) mass is 253 g/mol. The molecule has 18 heavy (non-hydrogen) atoms. The summed E-state index contributed by atoms with van der Waals surface area (Å²) >= 11 is 0. The molecule has 2 N–H and O–H groups in total. The lowest BCUT2D eigenvalue weighted by Crippen LogP contribution is -2.25. The van der Waals surface area contributed by atoms with Crippen LogP contribution in [0.5, 0.6) is 0 Å². The van der Waals surface area contributed by atoms with Gasteiger partial charge < -0.3 is 5.32 Å². The van der Waals surface area contributed by atoms with Crippen LogP contribution in [0.2, 0.25) is 0 Å². The van der Waals surface area contributed by atoms with Gasteiger partial charge in [-0.15, -0.1) is 10.2 Å². The molecular formula is C10H9F2N5O. The molecule has 0 saturated carbocycles. The minimum atomic E-state index is -1.01. The van der Waals surface area contributed by atoms with E-state index in [-0.39, 0.29) is 18.5 Å². The van der Waals surface area contributed by atoms with Crippen molar-refractivity contribution >= 4 is 5.91 Å². The Hall–Kier alpha value is -2.38. The number of benzene rings is 1. The number of tetrazole rings is 1. The molecule has 0 aliphatic carbocycles. The number of carbonyl (C=O) groups excluding carboxylic acids is 1. The zero-order valence-electron chi connectivity index (χ0n) is 9.15. The summed E-state index contributed by atoms with van der Waals surface area (Å²) in [5, 5.41) is 15.3. The standard InChI is InChI=1S/C10H9F2N5O/c11-7-3-1-2-6(10(7)12)4-9(18)13-5-8-14-16-17-15-8/h1-3H,4-5H2,(H,13,18)(H,14,15,16,17). The van der Waals surface area contributed by atoms with E-state index in [9.17, 15) is 13.6 Å². The van der Waals surface area contributed by atoms with Crippen molar-refractivity contribution < 1.29 is 13.6 Å². The normalized spacial score (nSPS) is 10.3. The van der Waals surface area contributed by atoms with Crippen molar-refractivity contribution in [2.75, 3.05) is 0 Å². The van der Waals surface area contributed by atoms with Crippen LogP contribution in [0.15, 0.2) is 18.2 Å². The average Bonchev–Trinajstić information content (AvgIpc) is 2.86. The molecule has 1 amide bonds. The molecule has 6 nitrogen and oxygen atoms in total. The van der Waals surface area contributed by atoms with Gasteiger partial charge in [0, 0.05) is 5.56 Å². The number of aromatic nitrogens is 4. The first-order valence-electron chi connectivity index (χ1n) is 5.08. The van der Waals surface area contributed by atoms with E-state index in [1.54, 1.807) is 0 Å². The third-order valence-corrected chi connectivity index (χ3v) is 2.22. The minimum absolute atomic E-state index is 0.000567. The predicted molar refractivity (Wildman–Crippen MR) is 56.1 cm³/mol. The first-order chi connectivity index (χ1) is 8.66. The number of amides is 1. The molecule has 0 aliphatic heterocycles. The Morgan fingerprint density at radius 3 is 2.94 bits per heavy atom.